The molecule has 3 aromatic rings. The molecule has 4 heteroatoms. The fourth-order valence-corrected chi connectivity index (χ4v) is 1.81. The number of rotatable bonds is 3. The van der Waals surface area contributed by atoms with Crippen LogP contribution >= 0.6 is 0 Å². The molecule has 1 N–H and O–H groups in total. The van der Waals surface area contributed by atoms with E-state index in [0.717, 1.165) is 16.7 Å². The molecule has 0 spiro atoms. The van der Waals surface area contributed by atoms with Gasteiger partial charge in [0.1, 0.15) is 17.2 Å². The first-order valence-corrected chi connectivity index (χ1v) is 5.65. The van der Waals surface area contributed by atoms with Crippen LogP contribution in [0.4, 0.5) is 10.2 Å². The number of aromatic nitrogens is 1. The number of fused-ring (bicyclic) bond motifs is 1. The van der Waals surface area contributed by atoms with Crippen molar-refractivity contribution >= 4 is 16.8 Å². The van der Waals surface area contributed by atoms with Gasteiger partial charge in [-0.25, -0.2) is 4.98 Å². The van der Waals surface area contributed by atoms with Crippen LogP contribution in [-0.2, 0) is 6.54 Å². The lowest BCUT2D eigenvalue weighted by molar-refractivity contribution is 0.557. The molecule has 2 aromatic heterocycles. The van der Waals surface area contributed by atoms with Crippen molar-refractivity contribution in [3.05, 3.63) is 60.2 Å². The Morgan fingerprint density at radius 1 is 1.11 bits per heavy atom. The second-order valence-corrected chi connectivity index (χ2v) is 3.95. The Bertz CT molecular complexity index is 645. The van der Waals surface area contributed by atoms with Crippen molar-refractivity contribution in [2.24, 2.45) is 0 Å². The normalized spacial score (nSPS) is 10.7. The van der Waals surface area contributed by atoms with Crippen molar-refractivity contribution in [3.63, 3.8) is 0 Å². The average molecular weight is 242 g/mol. The molecular weight excluding hydrogens is 231 g/mol. The number of nitrogens with zero attached hydrogens (tertiary/aromatic N) is 1. The van der Waals surface area contributed by atoms with E-state index in [4.69, 9.17) is 4.42 Å². The summed E-state index contributed by atoms with van der Waals surface area (Å²) in [6, 6.07) is 14.4. The maximum Gasteiger partial charge on any atom is 0.214 e. The van der Waals surface area contributed by atoms with Gasteiger partial charge in [0.05, 0.1) is 6.54 Å². The molecule has 0 bridgehead atoms. The second kappa shape index (κ2) is 4.49. The number of para-hydroxylation sites is 1. The summed E-state index contributed by atoms with van der Waals surface area (Å²) >= 11 is 0. The Kier molecular flexibility index (Phi) is 2.68. The van der Waals surface area contributed by atoms with Crippen molar-refractivity contribution < 1.29 is 8.81 Å². The summed E-state index contributed by atoms with van der Waals surface area (Å²) < 4.78 is 18.5. The van der Waals surface area contributed by atoms with Crippen LogP contribution in [0.5, 0.6) is 0 Å². The van der Waals surface area contributed by atoms with Gasteiger partial charge in [-0.1, -0.05) is 24.3 Å². The summed E-state index contributed by atoms with van der Waals surface area (Å²) in [6.45, 7) is 0.477. The van der Waals surface area contributed by atoms with E-state index in [1.807, 2.05) is 30.3 Å². The smallest absolute Gasteiger partial charge is 0.214 e. The zero-order valence-corrected chi connectivity index (χ0v) is 9.56. The van der Waals surface area contributed by atoms with Crippen LogP contribution in [-0.4, -0.2) is 4.98 Å². The number of nitrogens with one attached hydrogen (secondary N) is 1. The molecule has 3 nitrogen and oxygen atoms in total. The first-order valence-electron chi connectivity index (χ1n) is 5.65. The van der Waals surface area contributed by atoms with Gasteiger partial charge in [-0.3, -0.25) is 0 Å². The minimum Gasteiger partial charge on any atom is -0.459 e. The Hall–Kier alpha value is -2.36. The van der Waals surface area contributed by atoms with Gasteiger partial charge in [-0.2, -0.15) is 4.39 Å². The molecule has 0 aliphatic carbocycles. The SMILES string of the molecule is Fc1cccc(NCc2cc3ccccc3o2)n1. The minimum absolute atomic E-state index is 0.477. The maximum atomic E-state index is 12.9. The predicted molar refractivity (Wildman–Crippen MR) is 67.7 cm³/mol. The highest BCUT2D eigenvalue weighted by Crippen LogP contribution is 2.19. The first-order chi connectivity index (χ1) is 8.81. The van der Waals surface area contributed by atoms with Crippen LogP contribution in [0.25, 0.3) is 11.0 Å². The van der Waals surface area contributed by atoms with E-state index in [1.165, 1.54) is 6.07 Å². The van der Waals surface area contributed by atoms with Gasteiger partial charge >= 0.3 is 0 Å². The highest BCUT2D eigenvalue weighted by Gasteiger charge is 2.03. The molecule has 0 saturated heterocycles. The number of halogens is 1. The van der Waals surface area contributed by atoms with E-state index in [0.29, 0.717) is 12.4 Å². The van der Waals surface area contributed by atoms with Crippen molar-refractivity contribution in [2.45, 2.75) is 6.54 Å². The molecule has 3 rings (SSSR count). The summed E-state index contributed by atoms with van der Waals surface area (Å²) in [5.74, 6) is 0.794. The lowest BCUT2D eigenvalue weighted by Gasteiger charge is -2.02. The van der Waals surface area contributed by atoms with E-state index < -0.39 is 5.95 Å². The third-order valence-corrected chi connectivity index (χ3v) is 2.64. The molecule has 90 valence electrons. The zero-order chi connectivity index (χ0) is 12.4. The van der Waals surface area contributed by atoms with Gasteiger partial charge in [0.25, 0.3) is 0 Å². The summed E-state index contributed by atoms with van der Waals surface area (Å²) in [6.07, 6.45) is 0. The highest BCUT2D eigenvalue weighted by molar-refractivity contribution is 5.77. The third kappa shape index (κ3) is 2.18. The lowest BCUT2D eigenvalue weighted by Crippen LogP contribution is -2.00. The molecule has 1 aromatic carbocycles. The molecule has 0 fully saturated rings. The lowest BCUT2D eigenvalue weighted by atomic mass is 10.2. The monoisotopic (exact) mass is 242 g/mol. The molecule has 0 amide bonds. The van der Waals surface area contributed by atoms with Gasteiger partial charge in [0.15, 0.2) is 0 Å². The second-order valence-electron chi connectivity index (χ2n) is 3.95. The van der Waals surface area contributed by atoms with Gasteiger partial charge in [-0.15, -0.1) is 0 Å². The molecular formula is C14H11FN2O. The Labute approximate surface area is 103 Å². The number of pyridine rings is 1. The van der Waals surface area contributed by atoms with Crippen molar-refractivity contribution in [1.82, 2.24) is 4.98 Å². The summed E-state index contributed by atoms with van der Waals surface area (Å²) in [7, 11) is 0. The molecule has 18 heavy (non-hydrogen) atoms. The van der Waals surface area contributed by atoms with Crippen molar-refractivity contribution in [3.8, 4) is 0 Å². The number of anilines is 1. The van der Waals surface area contributed by atoms with E-state index in [1.54, 1.807) is 12.1 Å². The number of hydrogen-bond donors (Lipinski definition) is 1. The van der Waals surface area contributed by atoms with Crippen molar-refractivity contribution in [2.75, 3.05) is 5.32 Å². The van der Waals surface area contributed by atoms with Crippen LogP contribution in [0.3, 0.4) is 0 Å². The molecule has 0 atom stereocenters. The summed E-state index contributed by atoms with van der Waals surface area (Å²) in [4.78, 5) is 3.72. The molecule has 2 heterocycles. The zero-order valence-electron chi connectivity index (χ0n) is 9.56. The molecule has 0 radical (unpaired) electrons. The van der Waals surface area contributed by atoms with Crippen LogP contribution in [0.15, 0.2) is 52.9 Å². The fraction of sp³-hybridized carbons (Fsp3) is 0.0714. The van der Waals surface area contributed by atoms with Crippen LogP contribution < -0.4 is 5.32 Å². The van der Waals surface area contributed by atoms with E-state index in [-0.39, 0.29) is 0 Å². The van der Waals surface area contributed by atoms with Gasteiger partial charge in [0, 0.05) is 5.39 Å². The van der Waals surface area contributed by atoms with Gasteiger partial charge in [-0.05, 0) is 24.3 Å². The summed E-state index contributed by atoms with van der Waals surface area (Å²) in [5, 5.41) is 4.07. The Morgan fingerprint density at radius 2 is 2.00 bits per heavy atom. The Morgan fingerprint density at radius 3 is 2.83 bits per heavy atom. The number of benzene rings is 1. The summed E-state index contributed by atoms with van der Waals surface area (Å²) in [5.41, 5.74) is 0.849. The van der Waals surface area contributed by atoms with Crippen LogP contribution in [0.1, 0.15) is 5.76 Å². The molecule has 0 unspecified atom stereocenters. The predicted octanol–water partition coefficient (Wildman–Crippen LogP) is 3.58. The standard InChI is InChI=1S/C14H11FN2O/c15-13-6-3-7-14(17-13)16-9-11-8-10-4-1-2-5-12(10)18-11/h1-8H,9H2,(H,16,17). The molecule has 0 saturated carbocycles. The number of furan rings is 1. The van der Waals surface area contributed by atoms with Crippen LogP contribution in [0.2, 0.25) is 0 Å². The van der Waals surface area contributed by atoms with Crippen molar-refractivity contribution in [1.29, 1.82) is 0 Å². The van der Waals surface area contributed by atoms with Gasteiger partial charge in [0.2, 0.25) is 5.95 Å². The van der Waals surface area contributed by atoms with Crippen LogP contribution in [0, 0.1) is 5.95 Å². The average Bonchev–Trinajstić information content (AvgIpc) is 2.79. The largest absolute Gasteiger partial charge is 0.459 e. The van der Waals surface area contributed by atoms with E-state index in [2.05, 4.69) is 10.3 Å². The van der Waals surface area contributed by atoms with Gasteiger partial charge < -0.3 is 9.73 Å². The molecule has 0 aliphatic rings. The van der Waals surface area contributed by atoms with E-state index >= 15 is 0 Å². The Balaban J connectivity index is 1.76. The minimum atomic E-state index is -0.496. The topological polar surface area (TPSA) is 38.1 Å². The third-order valence-electron chi connectivity index (χ3n) is 2.64. The fourth-order valence-electron chi connectivity index (χ4n) is 1.81. The van der Waals surface area contributed by atoms with E-state index in [9.17, 15) is 4.39 Å². The number of hydrogen-bond acceptors (Lipinski definition) is 3. The maximum absolute atomic E-state index is 12.9. The quantitative estimate of drug-likeness (QED) is 0.713. The molecule has 0 aliphatic heterocycles. The first kappa shape index (κ1) is 10.8. The highest BCUT2D eigenvalue weighted by atomic mass is 19.1.